The second-order valence-corrected chi connectivity index (χ2v) is 8.72. The molecule has 1 aliphatic heterocycles. The summed E-state index contributed by atoms with van der Waals surface area (Å²) in [6.07, 6.45) is 5.03. The molecule has 2 amide bonds. The summed E-state index contributed by atoms with van der Waals surface area (Å²) in [5.74, 6) is 0.996. The van der Waals surface area contributed by atoms with Gasteiger partial charge in [0, 0.05) is 49.9 Å². The van der Waals surface area contributed by atoms with Crippen LogP contribution >= 0.6 is 0 Å². The van der Waals surface area contributed by atoms with Gasteiger partial charge in [-0.2, -0.15) is 0 Å². The zero-order valence-corrected chi connectivity index (χ0v) is 17.3. The minimum atomic E-state index is 0.0339. The normalized spacial score (nSPS) is 18.7. The van der Waals surface area contributed by atoms with Gasteiger partial charge in [0.2, 0.25) is 5.91 Å². The van der Waals surface area contributed by atoms with E-state index in [9.17, 15) is 9.59 Å². The smallest absolute Gasteiger partial charge is 0.253 e. The van der Waals surface area contributed by atoms with Gasteiger partial charge in [0.1, 0.15) is 0 Å². The summed E-state index contributed by atoms with van der Waals surface area (Å²) in [5, 5.41) is 1.18. The Labute approximate surface area is 176 Å². The monoisotopic (exact) mass is 401 g/mol. The van der Waals surface area contributed by atoms with E-state index in [1.165, 1.54) is 5.39 Å². The molecule has 0 bridgehead atoms. The third-order valence-corrected chi connectivity index (χ3v) is 6.43. The van der Waals surface area contributed by atoms with Gasteiger partial charge in [-0.15, -0.1) is 0 Å². The fourth-order valence-electron chi connectivity index (χ4n) is 4.58. The van der Waals surface area contributed by atoms with Gasteiger partial charge >= 0.3 is 0 Å². The molecular weight excluding hydrogens is 374 g/mol. The Morgan fingerprint density at radius 3 is 2.63 bits per heavy atom. The molecule has 1 saturated heterocycles. The lowest BCUT2D eigenvalue weighted by atomic mass is 10.0. The summed E-state index contributed by atoms with van der Waals surface area (Å²) in [6.45, 7) is 2.31. The Kier molecular flexibility index (Phi) is 4.81. The molecule has 2 aromatic carbocycles. The van der Waals surface area contributed by atoms with E-state index in [2.05, 4.69) is 29.2 Å². The first-order valence-corrected chi connectivity index (χ1v) is 10.8. The molecule has 1 aliphatic carbocycles. The van der Waals surface area contributed by atoms with Gasteiger partial charge in [-0.3, -0.25) is 9.59 Å². The van der Waals surface area contributed by atoms with Crippen LogP contribution in [0.25, 0.3) is 22.0 Å². The Balaban J connectivity index is 1.24. The van der Waals surface area contributed by atoms with E-state index in [0.29, 0.717) is 23.9 Å². The Morgan fingerprint density at radius 1 is 1.07 bits per heavy atom. The van der Waals surface area contributed by atoms with Crippen LogP contribution in [-0.4, -0.2) is 53.3 Å². The number of H-pyrrole nitrogens is 1. The summed E-state index contributed by atoms with van der Waals surface area (Å²) in [4.78, 5) is 32.3. The summed E-state index contributed by atoms with van der Waals surface area (Å²) in [7, 11) is 1.86. The average Bonchev–Trinajstić information content (AvgIpc) is 3.32. The maximum atomic E-state index is 12.9. The van der Waals surface area contributed by atoms with Crippen LogP contribution in [0.3, 0.4) is 0 Å². The van der Waals surface area contributed by atoms with E-state index in [4.69, 9.17) is 0 Å². The number of likely N-dealkylation sites (tertiary alicyclic amines) is 1. The first kappa shape index (κ1) is 18.9. The van der Waals surface area contributed by atoms with Crippen molar-refractivity contribution in [3.05, 3.63) is 60.3 Å². The van der Waals surface area contributed by atoms with Crippen molar-refractivity contribution in [1.82, 2.24) is 14.8 Å². The third kappa shape index (κ3) is 3.60. The zero-order valence-electron chi connectivity index (χ0n) is 17.3. The van der Waals surface area contributed by atoms with Crippen molar-refractivity contribution < 1.29 is 9.59 Å². The molecule has 3 aromatic rings. The Hall–Kier alpha value is -3.08. The van der Waals surface area contributed by atoms with E-state index in [-0.39, 0.29) is 11.8 Å². The van der Waals surface area contributed by atoms with Crippen LogP contribution in [0.4, 0.5) is 0 Å². The number of hydrogen-bond donors (Lipinski definition) is 1. The van der Waals surface area contributed by atoms with Crippen LogP contribution in [0.5, 0.6) is 0 Å². The van der Waals surface area contributed by atoms with Gasteiger partial charge in [-0.25, -0.2) is 0 Å². The third-order valence-electron chi connectivity index (χ3n) is 6.43. The quantitative estimate of drug-likeness (QED) is 0.698. The molecule has 1 unspecified atom stereocenters. The second-order valence-electron chi connectivity index (χ2n) is 8.72. The number of nitrogens with zero attached hydrogens (tertiary/aromatic N) is 2. The van der Waals surface area contributed by atoms with Crippen molar-refractivity contribution >= 4 is 22.7 Å². The minimum absolute atomic E-state index is 0.0339. The first-order chi connectivity index (χ1) is 14.6. The van der Waals surface area contributed by atoms with E-state index in [1.54, 1.807) is 4.90 Å². The lowest BCUT2D eigenvalue weighted by Gasteiger charge is -2.22. The van der Waals surface area contributed by atoms with Crippen molar-refractivity contribution in [3.8, 4) is 11.1 Å². The number of benzene rings is 2. The number of aromatic amines is 1. The molecule has 2 heterocycles. The number of nitrogens with one attached hydrogen (secondary N) is 1. The SMILES string of the molecule is CN(CC1CCN(C(=O)C2CC2)C1)C(=O)c1ccc(-c2cccc3cc[nH]c23)cc1. The summed E-state index contributed by atoms with van der Waals surface area (Å²) >= 11 is 0. The molecule has 5 nitrogen and oxygen atoms in total. The Morgan fingerprint density at radius 2 is 1.87 bits per heavy atom. The van der Waals surface area contributed by atoms with E-state index in [1.807, 2.05) is 42.4 Å². The number of carbonyl (C=O) groups is 2. The number of aromatic nitrogens is 1. The van der Waals surface area contributed by atoms with Crippen LogP contribution in [0.15, 0.2) is 54.7 Å². The van der Waals surface area contributed by atoms with E-state index in [0.717, 1.165) is 49.0 Å². The van der Waals surface area contributed by atoms with Crippen molar-refractivity contribution in [2.45, 2.75) is 19.3 Å². The van der Waals surface area contributed by atoms with Crippen LogP contribution in [0.1, 0.15) is 29.6 Å². The topological polar surface area (TPSA) is 56.4 Å². The Bertz CT molecular complexity index is 1080. The lowest BCUT2D eigenvalue weighted by molar-refractivity contribution is -0.131. The van der Waals surface area contributed by atoms with Crippen LogP contribution in [-0.2, 0) is 4.79 Å². The summed E-state index contributed by atoms with van der Waals surface area (Å²) < 4.78 is 0. The molecule has 2 aliphatic rings. The highest BCUT2D eigenvalue weighted by Crippen LogP contribution is 2.33. The predicted molar refractivity (Wildman–Crippen MR) is 118 cm³/mol. The summed E-state index contributed by atoms with van der Waals surface area (Å²) in [5.41, 5.74) is 4.03. The van der Waals surface area contributed by atoms with Crippen molar-refractivity contribution in [1.29, 1.82) is 0 Å². The van der Waals surface area contributed by atoms with Crippen LogP contribution < -0.4 is 0 Å². The van der Waals surface area contributed by atoms with Crippen LogP contribution in [0.2, 0.25) is 0 Å². The zero-order chi connectivity index (χ0) is 20.7. The molecule has 2 fully saturated rings. The molecule has 1 saturated carbocycles. The molecule has 0 spiro atoms. The molecule has 154 valence electrons. The van der Waals surface area contributed by atoms with Gasteiger partial charge in [0.15, 0.2) is 0 Å². The van der Waals surface area contributed by atoms with E-state index >= 15 is 0 Å². The highest BCUT2D eigenvalue weighted by Gasteiger charge is 2.36. The van der Waals surface area contributed by atoms with E-state index < -0.39 is 0 Å². The molecule has 30 heavy (non-hydrogen) atoms. The first-order valence-electron chi connectivity index (χ1n) is 10.8. The van der Waals surface area contributed by atoms with Crippen molar-refractivity contribution in [2.24, 2.45) is 11.8 Å². The fourth-order valence-corrected chi connectivity index (χ4v) is 4.58. The molecule has 1 aromatic heterocycles. The standard InChI is InChI=1S/C25H27N3O2/c1-27(15-17-12-14-28(16-17)25(30)21-9-10-21)24(29)20-7-5-18(6-8-20)22-4-2-3-19-11-13-26-23(19)22/h2-8,11,13,17,21,26H,9-10,12,14-16H2,1H3. The van der Waals surface area contributed by atoms with Gasteiger partial charge in [-0.05, 0) is 54.3 Å². The fraction of sp³-hybridized carbons (Fsp3) is 0.360. The highest BCUT2D eigenvalue weighted by molar-refractivity contribution is 5.97. The van der Waals surface area contributed by atoms with Gasteiger partial charge in [0.25, 0.3) is 5.91 Å². The number of rotatable bonds is 5. The maximum Gasteiger partial charge on any atom is 0.253 e. The lowest BCUT2D eigenvalue weighted by Crippen LogP contribution is -2.34. The predicted octanol–water partition coefficient (Wildman–Crippen LogP) is 4.17. The number of carbonyl (C=O) groups excluding carboxylic acids is 2. The molecule has 5 heteroatoms. The van der Waals surface area contributed by atoms with Crippen LogP contribution in [0, 0.1) is 11.8 Å². The summed E-state index contributed by atoms with van der Waals surface area (Å²) in [6, 6.07) is 16.2. The highest BCUT2D eigenvalue weighted by atomic mass is 16.2. The maximum absolute atomic E-state index is 12.9. The number of fused-ring (bicyclic) bond motifs is 1. The van der Waals surface area contributed by atoms with Crippen molar-refractivity contribution in [2.75, 3.05) is 26.7 Å². The van der Waals surface area contributed by atoms with Gasteiger partial charge in [0.05, 0.1) is 5.52 Å². The molecule has 1 atom stereocenters. The van der Waals surface area contributed by atoms with Gasteiger partial charge < -0.3 is 14.8 Å². The molecule has 5 rings (SSSR count). The molecule has 1 N–H and O–H groups in total. The van der Waals surface area contributed by atoms with Gasteiger partial charge in [-0.1, -0.05) is 30.3 Å². The molecule has 0 radical (unpaired) electrons. The number of para-hydroxylation sites is 1. The number of amides is 2. The number of hydrogen-bond acceptors (Lipinski definition) is 2. The minimum Gasteiger partial charge on any atom is -0.361 e. The molecular formula is C25H27N3O2. The second kappa shape index (κ2) is 7.63. The average molecular weight is 402 g/mol. The largest absolute Gasteiger partial charge is 0.361 e. The van der Waals surface area contributed by atoms with Crippen molar-refractivity contribution in [3.63, 3.8) is 0 Å².